The van der Waals surface area contributed by atoms with Crippen LogP contribution in [0.5, 0.6) is 0 Å². The molecule has 0 N–H and O–H groups in total. The number of carbonyl (C=O) groups is 2. The number of carbonyl (C=O) groups excluding carboxylic acids is 2. The van der Waals surface area contributed by atoms with Crippen LogP contribution in [0.4, 0.5) is 0 Å². The molecule has 8 heteroatoms. The molecule has 0 radical (unpaired) electrons. The van der Waals surface area contributed by atoms with Crippen LogP contribution in [0.25, 0.3) is 26.8 Å². The minimum atomic E-state index is -1.95. The second-order valence-corrected chi connectivity index (χ2v) is 15.7. The Bertz CT molecular complexity index is 1510. The van der Waals surface area contributed by atoms with Crippen LogP contribution in [0, 0.1) is 5.92 Å². The van der Waals surface area contributed by atoms with Crippen LogP contribution in [0.15, 0.2) is 48.5 Å². The van der Waals surface area contributed by atoms with Crippen molar-refractivity contribution in [2.75, 3.05) is 14.1 Å². The fourth-order valence-electron chi connectivity index (χ4n) is 5.39. The summed E-state index contributed by atoms with van der Waals surface area (Å²) in [4.78, 5) is 30.2. The molecule has 2 aromatic carbocycles. The van der Waals surface area contributed by atoms with Crippen molar-refractivity contribution in [3.63, 3.8) is 0 Å². The van der Waals surface area contributed by atoms with Crippen LogP contribution < -0.4 is 10.4 Å². The summed E-state index contributed by atoms with van der Waals surface area (Å²) in [5.41, 5.74) is 2.53. The Morgan fingerprint density at radius 1 is 0.939 bits per heavy atom. The number of nitrogens with zero attached hydrogens (tertiary/aromatic N) is 3. The van der Waals surface area contributed by atoms with E-state index in [1.165, 1.54) is 37.2 Å². The normalized spacial score (nSPS) is 18.0. The SMILES string of the molecule is CN1C(=O)C(Cc2cc3c(s2)-n2c4ccccc4c4cccc(c42)[Si]3(C)C)C(=O)N(C)C1=[Se]. The Balaban J connectivity index is 1.54. The van der Waals surface area contributed by atoms with Gasteiger partial charge < -0.3 is 0 Å². The molecule has 166 valence electrons. The molecule has 2 aliphatic heterocycles. The standard InChI is InChI=1S/C25H23N3O2SSeSi/c1-26-22(29)17(23(30)27(2)25(26)32)12-14-13-20-24(31-14)28-18-10-6-5-8-15(18)16-9-7-11-19(21(16)28)33(20,3)4/h5-11,13,17H,12H2,1-4H3. The van der Waals surface area contributed by atoms with Crippen molar-refractivity contribution >= 4 is 83.6 Å². The molecule has 0 atom stereocenters. The van der Waals surface area contributed by atoms with Crippen LogP contribution in [-0.2, 0) is 16.0 Å². The summed E-state index contributed by atoms with van der Waals surface area (Å²) in [6.07, 6.45) is 0.431. The Morgan fingerprint density at radius 3 is 2.33 bits per heavy atom. The Morgan fingerprint density at radius 2 is 1.61 bits per heavy atom. The van der Waals surface area contributed by atoms with Gasteiger partial charge in [0.15, 0.2) is 0 Å². The van der Waals surface area contributed by atoms with Gasteiger partial charge in [0.2, 0.25) is 0 Å². The van der Waals surface area contributed by atoms with Crippen molar-refractivity contribution in [2.24, 2.45) is 5.92 Å². The van der Waals surface area contributed by atoms with Gasteiger partial charge in [-0.15, -0.1) is 0 Å². The first-order valence-corrected chi connectivity index (χ1v) is 15.6. The van der Waals surface area contributed by atoms with Gasteiger partial charge in [-0.05, 0) is 0 Å². The van der Waals surface area contributed by atoms with E-state index >= 15 is 0 Å². The van der Waals surface area contributed by atoms with Gasteiger partial charge in [-0.1, -0.05) is 6.07 Å². The average Bonchev–Trinajstić information content (AvgIpc) is 3.38. The number of amides is 2. The van der Waals surface area contributed by atoms with Crippen LogP contribution in [-0.4, -0.2) is 68.6 Å². The molecule has 4 aromatic rings. The third-order valence-electron chi connectivity index (χ3n) is 7.24. The molecular weight excluding hydrogens is 513 g/mol. The topological polar surface area (TPSA) is 45.6 Å². The van der Waals surface area contributed by atoms with E-state index in [4.69, 9.17) is 0 Å². The third-order valence-corrected chi connectivity index (χ3v) is 13.2. The van der Waals surface area contributed by atoms with E-state index in [1.54, 1.807) is 35.2 Å². The van der Waals surface area contributed by atoms with E-state index in [9.17, 15) is 9.59 Å². The molecule has 2 aliphatic rings. The Hall–Kier alpha value is -2.51. The van der Waals surface area contributed by atoms with Gasteiger partial charge in [0, 0.05) is 0 Å². The van der Waals surface area contributed by atoms with Gasteiger partial charge in [-0.2, -0.15) is 0 Å². The van der Waals surface area contributed by atoms with Crippen LogP contribution in [0.1, 0.15) is 4.88 Å². The summed E-state index contributed by atoms with van der Waals surface area (Å²) >= 11 is 4.58. The fraction of sp³-hybridized carbons (Fsp3) is 0.240. The predicted molar refractivity (Wildman–Crippen MR) is 139 cm³/mol. The van der Waals surface area contributed by atoms with Crippen molar-refractivity contribution in [3.8, 4) is 5.00 Å². The maximum absolute atomic E-state index is 13.0. The van der Waals surface area contributed by atoms with Gasteiger partial charge in [0.05, 0.1) is 0 Å². The summed E-state index contributed by atoms with van der Waals surface area (Å²) in [6, 6.07) is 17.6. The fourth-order valence-corrected chi connectivity index (χ4v) is 10.7. The number of aromatic nitrogens is 1. The average molecular weight is 537 g/mol. The van der Waals surface area contributed by atoms with Gasteiger partial charge in [0.1, 0.15) is 0 Å². The predicted octanol–water partition coefficient (Wildman–Crippen LogP) is 2.33. The molecule has 2 aromatic heterocycles. The number of para-hydroxylation sites is 2. The van der Waals surface area contributed by atoms with E-state index in [0.29, 0.717) is 11.1 Å². The first-order valence-electron chi connectivity index (χ1n) is 11.0. The van der Waals surface area contributed by atoms with Crippen LogP contribution in [0.2, 0.25) is 13.1 Å². The third kappa shape index (κ3) is 2.72. The summed E-state index contributed by atoms with van der Waals surface area (Å²) in [6.45, 7) is 4.82. The van der Waals surface area contributed by atoms with Gasteiger partial charge in [0.25, 0.3) is 0 Å². The monoisotopic (exact) mass is 537 g/mol. The van der Waals surface area contributed by atoms with E-state index in [-0.39, 0.29) is 11.8 Å². The summed E-state index contributed by atoms with van der Waals surface area (Å²) in [5, 5.41) is 6.65. The van der Waals surface area contributed by atoms with E-state index < -0.39 is 14.0 Å². The van der Waals surface area contributed by atoms with Crippen molar-refractivity contribution in [1.29, 1.82) is 0 Å². The van der Waals surface area contributed by atoms with Crippen molar-refractivity contribution in [3.05, 3.63) is 53.4 Å². The van der Waals surface area contributed by atoms with Crippen molar-refractivity contribution in [2.45, 2.75) is 19.5 Å². The molecule has 2 amide bonds. The molecule has 1 saturated heterocycles. The van der Waals surface area contributed by atoms with E-state index in [1.807, 2.05) is 0 Å². The molecule has 5 nitrogen and oxygen atoms in total. The second kappa shape index (κ2) is 6.99. The molecule has 0 aliphatic carbocycles. The minimum absolute atomic E-state index is 0.146. The Kier molecular flexibility index (Phi) is 4.46. The van der Waals surface area contributed by atoms with Crippen molar-refractivity contribution < 1.29 is 9.59 Å². The van der Waals surface area contributed by atoms with Crippen LogP contribution >= 0.6 is 11.3 Å². The zero-order valence-corrected chi connectivity index (χ0v) is 22.4. The summed E-state index contributed by atoms with van der Waals surface area (Å²) < 4.78 is 2.97. The molecule has 1 fully saturated rings. The number of thiophene rings is 1. The number of rotatable bonds is 2. The van der Waals surface area contributed by atoms with E-state index in [0.717, 1.165) is 4.88 Å². The van der Waals surface area contributed by atoms with Crippen molar-refractivity contribution in [1.82, 2.24) is 14.4 Å². The number of hydrogen-bond donors (Lipinski definition) is 0. The molecule has 33 heavy (non-hydrogen) atoms. The molecule has 0 spiro atoms. The molecule has 4 heterocycles. The van der Waals surface area contributed by atoms with Gasteiger partial charge in [-0.25, -0.2) is 0 Å². The van der Waals surface area contributed by atoms with Gasteiger partial charge >= 0.3 is 199 Å². The second-order valence-electron chi connectivity index (χ2n) is 9.44. The Labute approximate surface area is 205 Å². The number of fused-ring (bicyclic) bond motifs is 5. The molecule has 0 bridgehead atoms. The zero-order valence-electron chi connectivity index (χ0n) is 18.9. The molecule has 0 unspecified atom stereocenters. The number of benzene rings is 2. The number of hydrogen-bond acceptors (Lipinski definition) is 3. The maximum atomic E-state index is 13.0. The first kappa shape index (κ1) is 21.0. The first-order chi connectivity index (χ1) is 15.7. The molecule has 0 saturated carbocycles. The zero-order chi connectivity index (χ0) is 23.2. The van der Waals surface area contributed by atoms with Crippen LogP contribution in [0.3, 0.4) is 0 Å². The molecule has 6 rings (SSSR count). The molecular formula is C25H23N3O2SSeSi. The summed E-state index contributed by atoms with van der Waals surface area (Å²) in [5.74, 6) is -0.982. The summed E-state index contributed by atoms with van der Waals surface area (Å²) in [7, 11) is 1.49. The van der Waals surface area contributed by atoms with Gasteiger partial charge in [-0.3, -0.25) is 0 Å². The van der Waals surface area contributed by atoms with E-state index in [2.05, 4.69) is 81.8 Å². The quantitative estimate of drug-likeness (QED) is 0.292.